The standard InChI is InChI=1S/C8H11N2Si2/c11-5-6-12-10-7-8-3-1-2-4-9-8/h1-4,10H,5-7H2. The third-order valence-corrected chi connectivity index (χ3v) is 3.05. The fraction of sp³-hybridized carbons (Fsp3) is 0.375. The van der Waals surface area contributed by atoms with E-state index in [-0.39, 0.29) is 0 Å². The number of hydrogen-bond donors (Lipinski definition) is 1. The molecule has 0 atom stereocenters. The first-order valence-electron chi connectivity index (χ1n) is 3.93. The van der Waals surface area contributed by atoms with Gasteiger partial charge in [-0.15, -0.1) is 0 Å². The highest BCUT2D eigenvalue weighted by atomic mass is 28.2. The van der Waals surface area contributed by atoms with Gasteiger partial charge in [-0.2, -0.15) is 0 Å². The quantitative estimate of drug-likeness (QED) is 0.550. The Bertz CT molecular complexity index is 203. The topological polar surface area (TPSA) is 24.9 Å². The molecule has 0 fully saturated rings. The largest absolute Gasteiger partial charge is 0.334 e. The smallest absolute Gasteiger partial charge is 0.138 e. The molecule has 0 saturated carbocycles. The second-order valence-corrected chi connectivity index (χ2v) is 4.06. The van der Waals surface area contributed by atoms with E-state index in [4.69, 9.17) is 0 Å². The van der Waals surface area contributed by atoms with Gasteiger partial charge in [0.1, 0.15) is 9.68 Å². The highest BCUT2D eigenvalue weighted by Gasteiger charge is 1.91. The SMILES string of the molecule is [Si]CC[Si]NCc1ccccn1. The summed E-state index contributed by atoms with van der Waals surface area (Å²) in [5, 5.41) is 0. The van der Waals surface area contributed by atoms with Crippen LogP contribution in [0.1, 0.15) is 5.69 Å². The molecule has 5 radical (unpaired) electrons. The molecule has 1 rings (SSSR count). The first-order chi connectivity index (χ1) is 5.93. The van der Waals surface area contributed by atoms with Gasteiger partial charge in [-0.25, -0.2) is 0 Å². The van der Waals surface area contributed by atoms with Crippen molar-refractivity contribution in [2.24, 2.45) is 0 Å². The zero-order valence-electron chi connectivity index (χ0n) is 6.88. The van der Waals surface area contributed by atoms with Crippen LogP contribution in [0.25, 0.3) is 0 Å². The van der Waals surface area contributed by atoms with Crippen LogP contribution >= 0.6 is 0 Å². The van der Waals surface area contributed by atoms with Crippen LogP contribution in [0.5, 0.6) is 0 Å². The Hall–Kier alpha value is -0.456. The predicted molar refractivity (Wildman–Crippen MR) is 52.2 cm³/mol. The van der Waals surface area contributed by atoms with Crippen LogP contribution in [0.3, 0.4) is 0 Å². The fourth-order valence-electron chi connectivity index (χ4n) is 0.807. The molecule has 2 nitrogen and oxygen atoms in total. The summed E-state index contributed by atoms with van der Waals surface area (Å²) in [4.78, 5) is 7.54. The van der Waals surface area contributed by atoms with Crippen molar-refractivity contribution in [3.05, 3.63) is 30.1 Å². The molecule has 0 aliphatic carbocycles. The van der Waals surface area contributed by atoms with Crippen molar-refractivity contribution in [3.63, 3.8) is 0 Å². The maximum absolute atomic E-state index is 4.21. The second-order valence-electron chi connectivity index (χ2n) is 2.35. The normalized spacial score (nSPS) is 10.1. The molecule has 0 bridgehead atoms. The number of hydrogen-bond acceptors (Lipinski definition) is 2. The van der Waals surface area contributed by atoms with E-state index in [2.05, 4.69) is 20.2 Å². The molecular weight excluding hydrogens is 180 g/mol. The monoisotopic (exact) mass is 191 g/mol. The Morgan fingerprint density at radius 2 is 2.42 bits per heavy atom. The summed E-state index contributed by atoms with van der Waals surface area (Å²) in [5.41, 5.74) is 1.11. The summed E-state index contributed by atoms with van der Waals surface area (Å²) >= 11 is 0. The molecule has 1 N–H and O–H groups in total. The Morgan fingerprint density at radius 1 is 1.50 bits per heavy atom. The van der Waals surface area contributed by atoms with Crippen LogP contribution in [0.15, 0.2) is 24.4 Å². The van der Waals surface area contributed by atoms with Crippen LogP contribution in [-0.4, -0.2) is 24.9 Å². The van der Waals surface area contributed by atoms with Gasteiger partial charge in [-0.05, 0) is 18.2 Å². The maximum atomic E-state index is 4.21. The predicted octanol–water partition coefficient (Wildman–Crippen LogP) is 0.795. The van der Waals surface area contributed by atoms with Crippen molar-refractivity contribution in [2.75, 3.05) is 0 Å². The molecule has 0 aromatic carbocycles. The second kappa shape index (κ2) is 6.10. The van der Waals surface area contributed by atoms with Gasteiger partial charge in [0.15, 0.2) is 0 Å². The summed E-state index contributed by atoms with van der Waals surface area (Å²) in [6, 6.07) is 8.23. The lowest BCUT2D eigenvalue weighted by Gasteiger charge is -2.00. The molecule has 0 spiro atoms. The van der Waals surface area contributed by atoms with Crippen molar-refractivity contribution in [1.82, 2.24) is 9.97 Å². The molecule has 1 heterocycles. The van der Waals surface area contributed by atoms with E-state index in [1.807, 2.05) is 24.4 Å². The van der Waals surface area contributed by atoms with E-state index in [0.717, 1.165) is 28.0 Å². The van der Waals surface area contributed by atoms with E-state index >= 15 is 0 Å². The third-order valence-electron chi connectivity index (χ3n) is 1.37. The molecular formula is C8H11N2Si2. The van der Waals surface area contributed by atoms with Gasteiger partial charge in [0.25, 0.3) is 0 Å². The highest BCUT2D eigenvalue weighted by molar-refractivity contribution is 6.33. The Kier molecular flexibility index (Phi) is 4.90. The molecule has 1 aromatic rings. The van der Waals surface area contributed by atoms with Crippen LogP contribution in [0, 0.1) is 0 Å². The zero-order chi connectivity index (χ0) is 8.65. The Morgan fingerprint density at radius 3 is 3.08 bits per heavy atom. The van der Waals surface area contributed by atoms with Crippen molar-refractivity contribution in [1.29, 1.82) is 0 Å². The minimum atomic E-state index is 0.819. The zero-order valence-corrected chi connectivity index (χ0v) is 8.88. The molecule has 1 aromatic heterocycles. The van der Waals surface area contributed by atoms with Crippen LogP contribution < -0.4 is 4.98 Å². The average molecular weight is 191 g/mol. The summed E-state index contributed by atoms with van der Waals surface area (Å²) in [6.45, 7) is 0.880. The number of nitrogens with one attached hydrogen (secondary N) is 1. The van der Waals surface area contributed by atoms with Crippen LogP contribution in [-0.2, 0) is 6.54 Å². The molecule has 0 amide bonds. The maximum Gasteiger partial charge on any atom is 0.138 e. The highest BCUT2D eigenvalue weighted by Crippen LogP contribution is 1.91. The number of rotatable bonds is 5. The van der Waals surface area contributed by atoms with E-state index < -0.39 is 0 Å². The molecule has 61 valence electrons. The summed E-state index contributed by atoms with van der Waals surface area (Å²) in [5.74, 6) is 0. The van der Waals surface area contributed by atoms with E-state index in [1.165, 1.54) is 6.04 Å². The Labute approximate surface area is 79.1 Å². The van der Waals surface area contributed by atoms with Gasteiger partial charge in [-0.3, -0.25) is 4.98 Å². The van der Waals surface area contributed by atoms with Crippen molar-refractivity contribution >= 4 is 19.9 Å². The lowest BCUT2D eigenvalue weighted by molar-refractivity contribution is 0.896. The first kappa shape index (κ1) is 9.63. The van der Waals surface area contributed by atoms with Gasteiger partial charge < -0.3 is 4.98 Å². The molecule has 12 heavy (non-hydrogen) atoms. The van der Waals surface area contributed by atoms with Crippen molar-refractivity contribution < 1.29 is 0 Å². The minimum Gasteiger partial charge on any atom is -0.334 e. The van der Waals surface area contributed by atoms with E-state index in [1.54, 1.807) is 0 Å². The number of aromatic nitrogens is 1. The molecule has 0 aliphatic heterocycles. The van der Waals surface area contributed by atoms with Crippen LogP contribution in [0.4, 0.5) is 0 Å². The lowest BCUT2D eigenvalue weighted by Crippen LogP contribution is -2.18. The van der Waals surface area contributed by atoms with Crippen LogP contribution in [0.2, 0.25) is 12.1 Å². The molecule has 4 heteroatoms. The summed E-state index contributed by atoms with van der Waals surface area (Å²) < 4.78 is 0. The van der Waals surface area contributed by atoms with Crippen molar-refractivity contribution in [2.45, 2.75) is 18.6 Å². The number of pyridine rings is 1. The summed E-state index contributed by atoms with van der Waals surface area (Å²) in [7, 11) is 4.25. The first-order valence-corrected chi connectivity index (χ1v) is 5.85. The molecule has 0 unspecified atom stereocenters. The van der Waals surface area contributed by atoms with Crippen molar-refractivity contribution in [3.8, 4) is 0 Å². The molecule has 0 saturated heterocycles. The average Bonchev–Trinajstić information content (AvgIpc) is 2.14. The van der Waals surface area contributed by atoms with Gasteiger partial charge in [0.2, 0.25) is 0 Å². The molecule has 0 aliphatic rings. The Balaban J connectivity index is 2.16. The van der Waals surface area contributed by atoms with Gasteiger partial charge in [0, 0.05) is 23.0 Å². The third kappa shape index (κ3) is 3.80. The van der Waals surface area contributed by atoms with Gasteiger partial charge >= 0.3 is 0 Å². The van der Waals surface area contributed by atoms with E-state index in [0.29, 0.717) is 0 Å². The minimum absolute atomic E-state index is 0.819. The summed E-state index contributed by atoms with van der Waals surface area (Å²) in [6.07, 6.45) is 1.82. The lowest BCUT2D eigenvalue weighted by atomic mass is 10.4. The fourth-order valence-corrected chi connectivity index (χ4v) is 1.79. The van der Waals surface area contributed by atoms with Gasteiger partial charge in [-0.1, -0.05) is 12.1 Å². The van der Waals surface area contributed by atoms with Gasteiger partial charge in [0.05, 0.1) is 5.69 Å². The number of nitrogens with zero attached hydrogens (tertiary/aromatic N) is 1. The van der Waals surface area contributed by atoms with E-state index in [9.17, 15) is 0 Å².